The fourth-order valence-electron chi connectivity index (χ4n) is 1.68. The monoisotopic (exact) mass is 286 g/mol. The second kappa shape index (κ2) is 6.47. The van der Waals surface area contributed by atoms with Gasteiger partial charge >= 0.3 is 5.97 Å². The molecule has 5 nitrogen and oxygen atoms in total. The number of benzene rings is 2. The van der Waals surface area contributed by atoms with Crippen molar-refractivity contribution in [1.29, 1.82) is 0 Å². The summed E-state index contributed by atoms with van der Waals surface area (Å²) in [5, 5.41) is 27.8. The highest BCUT2D eigenvalue weighted by Gasteiger charge is 2.14. The molecule has 0 unspecified atom stereocenters. The second-order valence-corrected chi connectivity index (χ2v) is 4.27. The van der Waals surface area contributed by atoms with Crippen molar-refractivity contribution in [3.05, 3.63) is 59.7 Å². The Morgan fingerprint density at radius 2 is 1.67 bits per heavy atom. The van der Waals surface area contributed by atoms with E-state index >= 15 is 0 Å². The minimum Gasteiger partial charge on any atom is -0.504 e. The Kier molecular flexibility index (Phi) is 4.46. The maximum absolute atomic E-state index is 11.7. The number of carbonyl (C=O) groups excluding carboxylic acids is 1. The lowest BCUT2D eigenvalue weighted by Gasteiger charge is -2.05. The van der Waals surface area contributed by atoms with Crippen LogP contribution in [-0.2, 0) is 4.74 Å². The number of aromatic hydroxyl groups is 3. The smallest absolute Gasteiger partial charge is 0.338 e. The Hall–Kier alpha value is -2.95. The van der Waals surface area contributed by atoms with E-state index in [1.54, 1.807) is 12.2 Å². The van der Waals surface area contributed by atoms with Crippen molar-refractivity contribution in [1.82, 2.24) is 0 Å². The first kappa shape index (κ1) is 14.5. The zero-order valence-electron chi connectivity index (χ0n) is 11.1. The van der Waals surface area contributed by atoms with E-state index in [1.807, 2.05) is 30.3 Å². The largest absolute Gasteiger partial charge is 0.504 e. The van der Waals surface area contributed by atoms with Gasteiger partial charge in [0.15, 0.2) is 17.2 Å². The average Bonchev–Trinajstić information content (AvgIpc) is 2.49. The lowest BCUT2D eigenvalue weighted by Crippen LogP contribution is -2.04. The third-order valence-corrected chi connectivity index (χ3v) is 2.73. The summed E-state index contributed by atoms with van der Waals surface area (Å²) in [5.74, 6) is -2.54. The molecule has 0 saturated carbocycles. The maximum Gasteiger partial charge on any atom is 0.338 e. The SMILES string of the molecule is O=C(OCC=Cc1ccccc1)c1cc(O)c(O)c(O)c1. The predicted octanol–water partition coefficient (Wildman–Crippen LogP) is 2.67. The number of carbonyl (C=O) groups is 1. The standard InChI is InChI=1S/C16H14O5/c17-13-9-12(10-14(18)15(13)19)16(20)21-8-4-7-11-5-2-1-3-6-11/h1-7,9-10,17-19H,8H2. The summed E-state index contributed by atoms with van der Waals surface area (Å²) >= 11 is 0. The van der Waals surface area contributed by atoms with Gasteiger partial charge in [-0.25, -0.2) is 4.79 Å². The molecule has 0 radical (unpaired) electrons. The molecule has 0 aromatic heterocycles. The van der Waals surface area contributed by atoms with Gasteiger partial charge in [0.2, 0.25) is 0 Å². The van der Waals surface area contributed by atoms with E-state index in [0.717, 1.165) is 17.7 Å². The molecule has 2 aromatic carbocycles. The predicted molar refractivity (Wildman–Crippen MR) is 77.2 cm³/mol. The summed E-state index contributed by atoms with van der Waals surface area (Å²) in [7, 11) is 0. The van der Waals surface area contributed by atoms with Crippen molar-refractivity contribution in [2.24, 2.45) is 0 Å². The van der Waals surface area contributed by atoms with E-state index in [1.165, 1.54) is 0 Å². The number of hydrogen-bond acceptors (Lipinski definition) is 5. The van der Waals surface area contributed by atoms with Crippen molar-refractivity contribution in [2.45, 2.75) is 0 Å². The van der Waals surface area contributed by atoms with Crippen LogP contribution < -0.4 is 0 Å². The molecule has 108 valence electrons. The van der Waals surface area contributed by atoms with Crippen LogP contribution in [0.4, 0.5) is 0 Å². The van der Waals surface area contributed by atoms with Gasteiger partial charge in [0, 0.05) is 0 Å². The molecule has 21 heavy (non-hydrogen) atoms. The second-order valence-electron chi connectivity index (χ2n) is 4.27. The fraction of sp³-hybridized carbons (Fsp3) is 0.0625. The lowest BCUT2D eigenvalue weighted by atomic mass is 10.2. The average molecular weight is 286 g/mol. The summed E-state index contributed by atoms with van der Waals surface area (Å²) in [6.07, 6.45) is 3.48. The number of phenolic OH excluding ortho intramolecular Hbond substituents is 3. The Balaban J connectivity index is 1.95. The zero-order chi connectivity index (χ0) is 15.2. The van der Waals surface area contributed by atoms with Gasteiger partial charge in [0.25, 0.3) is 0 Å². The van der Waals surface area contributed by atoms with Crippen molar-refractivity contribution in [3.8, 4) is 17.2 Å². The summed E-state index contributed by atoms with van der Waals surface area (Å²) in [6, 6.07) is 11.6. The highest BCUT2D eigenvalue weighted by molar-refractivity contribution is 5.91. The Morgan fingerprint density at radius 3 is 2.29 bits per heavy atom. The molecule has 5 heteroatoms. The van der Waals surface area contributed by atoms with Crippen LogP contribution in [0.2, 0.25) is 0 Å². The summed E-state index contributed by atoms with van der Waals surface area (Å²) in [4.78, 5) is 11.7. The molecule has 0 saturated heterocycles. The van der Waals surface area contributed by atoms with Crippen LogP contribution in [0.5, 0.6) is 17.2 Å². The molecular formula is C16H14O5. The molecule has 0 aliphatic heterocycles. The van der Waals surface area contributed by atoms with Gasteiger partial charge in [-0.3, -0.25) is 0 Å². The van der Waals surface area contributed by atoms with E-state index in [-0.39, 0.29) is 12.2 Å². The number of phenols is 3. The van der Waals surface area contributed by atoms with Gasteiger partial charge in [-0.1, -0.05) is 36.4 Å². The number of rotatable bonds is 4. The molecule has 0 bridgehead atoms. The molecular weight excluding hydrogens is 272 g/mol. The summed E-state index contributed by atoms with van der Waals surface area (Å²) in [5.41, 5.74) is 0.935. The van der Waals surface area contributed by atoms with Gasteiger partial charge in [-0.2, -0.15) is 0 Å². The first-order valence-corrected chi connectivity index (χ1v) is 6.21. The van der Waals surface area contributed by atoms with Crippen LogP contribution in [0.3, 0.4) is 0 Å². The molecule has 0 aliphatic carbocycles. The van der Waals surface area contributed by atoms with Crippen molar-refractivity contribution in [3.63, 3.8) is 0 Å². The molecule has 2 aromatic rings. The van der Waals surface area contributed by atoms with Crippen molar-refractivity contribution in [2.75, 3.05) is 6.61 Å². The number of hydrogen-bond donors (Lipinski definition) is 3. The van der Waals surface area contributed by atoms with Gasteiger partial charge in [0.05, 0.1) is 5.56 Å². The topological polar surface area (TPSA) is 87.0 Å². The van der Waals surface area contributed by atoms with Gasteiger partial charge in [0.1, 0.15) is 6.61 Å². The minimum atomic E-state index is -0.710. The fourth-order valence-corrected chi connectivity index (χ4v) is 1.68. The van der Waals surface area contributed by atoms with E-state index in [2.05, 4.69) is 0 Å². The van der Waals surface area contributed by atoms with Gasteiger partial charge in [-0.15, -0.1) is 0 Å². The third kappa shape index (κ3) is 3.76. The van der Waals surface area contributed by atoms with Crippen LogP contribution in [-0.4, -0.2) is 27.9 Å². The molecule has 0 amide bonds. The Bertz CT molecular complexity index is 639. The highest BCUT2D eigenvalue weighted by atomic mass is 16.5. The maximum atomic E-state index is 11.7. The highest BCUT2D eigenvalue weighted by Crippen LogP contribution is 2.35. The molecule has 3 N–H and O–H groups in total. The number of esters is 1. The van der Waals surface area contributed by atoms with E-state index < -0.39 is 23.2 Å². The molecule has 2 rings (SSSR count). The summed E-state index contributed by atoms with van der Waals surface area (Å²) in [6.45, 7) is 0.0517. The van der Waals surface area contributed by atoms with Crippen molar-refractivity contribution >= 4 is 12.0 Å². The van der Waals surface area contributed by atoms with Crippen LogP contribution in [0.15, 0.2) is 48.5 Å². The van der Waals surface area contributed by atoms with E-state index in [0.29, 0.717) is 0 Å². The van der Waals surface area contributed by atoms with Gasteiger partial charge in [-0.05, 0) is 23.8 Å². The first-order valence-electron chi connectivity index (χ1n) is 6.21. The third-order valence-electron chi connectivity index (χ3n) is 2.73. The van der Waals surface area contributed by atoms with E-state index in [4.69, 9.17) is 4.74 Å². The minimum absolute atomic E-state index is 0.0455. The summed E-state index contributed by atoms with van der Waals surface area (Å²) < 4.78 is 4.97. The first-order chi connectivity index (χ1) is 10.1. The van der Waals surface area contributed by atoms with E-state index in [9.17, 15) is 20.1 Å². The molecule has 0 heterocycles. The molecule has 0 atom stereocenters. The van der Waals surface area contributed by atoms with Gasteiger partial charge < -0.3 is 20.1 Å². The quantitative estimate of drug-likeness (QED) is 0.594. The molecule has 0 fully saturated rings. The van der Waals surface area contributed by atoms with Crippen LogP contribution in [0, 0.1) is 0 Å². The molecule has 0 spiro atoms. The van der Waals surface area contributed by atoms with Crippen LogP contribution >= 0.6 is 0 Å². The van der Waals surface area contributed by atoms with Crippen LogP contribution in [0.1, 0.15) is 15.9 Å². The number of ether oxygens (including phenoxy) is 1. The van der Waals surface area contributed by atoms with Crippen molar-refractivity contribution < 1.29 is 24.9 Å². The Morgan fingerprint density at radius 1 is 1.05 bits per heavy atom. The van der Waals surface area contributed by atoms with Crippen LogP contribution in [0.25, 0.3) is 6.08 Å². The lowest BCUT2D eigenvalue weighted by molar-refractivity contribution is 0.0549. The Labute approximate surface area is 121 Å². The molecule has 0 aliphatic rings. The normalized spacial score (nSPS) is 10.7. The zero-order valence-corrected chi connectivity index (χ0v) is 11.1.